The molecule has 4 nitrogen and oxygen atoms in total. The Labute approximate surface area is 130 Å². The molecule has 1 aromatic carbocycles. The fourth-order valence-corrected chi connectivity index (χ4v) is 3.91. The van der Waals surface area contributed by atoms with Crippen LogP contribution in [0.3, 0.4) is 0 Å². The van der Waals surface area contributed by atoms with Crippen molar-refractivity contribution in [2.24, 2.45) is 5.41 Å². The molecule has 0 aliphatic heterocycles. The number of esters is 1. The Balaban J connectivity index is 2.69. The van der Waals surface area contributed by atoms with Gasteiger partial charge in [0, 0.05) is 18.8 Å². The molecule has 0 N–H and O–H groups in total. The highest BCUT2D eigenvalue weighted by molar-refractivity contribution is 6.10. The number of ketones is 2. The summed E-state index contributed by atoms with van der Waals surface area (Å²) >= 11 is 0. The van der Waals surface area contributed by atoms with Gasteiger partial charge in [-0.2, -0.15) is 0 Å². The summed E-state index contributed by atoms with van der Waals surface area (Å²) in [7, 11) is 1.27. The molecule has 22 heavy (non-hydrogen) atoms. The van der Waals surface area contributed by atoms with Gasteiger partial charge >= 0.3 is 5.97 Å². The second kappa shape index (κ2) is 5.67. The van der Waals surface area contributed by atoms with Crippen molar-refractivity contribution in [3.05, 3.63) is 34.4 Å². The minimum absolute atomic E-state index is 0.0631. The van der Waals surface area contributed by atoms with Crippen LogP contribution in [0.4, 0.5) is 0 Å². The van der Waals surface area contributed by atoms with Crippen LogP contribution in [0.2, 0.25) is 0 Å². The van der Waals surface area contributed by atoms with Gasteiger partial charge < -0.3 is 4.74 Å². The van der Waals surface area contributed by atoms with Crippen LogP contribution in [0.1, 0.15) is 47.9 Å². The highest BCUT2D eigenvalue weighted by Crippen LogP contribution is 2.51. The number of hydrogen-bond donors (Lipinski definition) is 0. The highest BCUT2D eigenvalue weighted by atomic mass is 16.5. The number of methoxy groups -OCH3 is 1. The molecule has 4 heteroatoms. The third-order valence-electron chi connectivity index (χ3n) is 4.77. The topological polar surface area (TPSA) is 60.4 Å². The molecule has 1 aliphatic rings. The fraction of sp³-hybridized carbons (Fsp3) is 0.500. The van der Waals surface area contributed by atoms with Crippen molar-refractivity contribution in [1.29, 1.82) is 0 Å². The number of rotatable bonds is 3. The minimum Gasteiger partial charge on any atom is -0.468 e. The van der Waals surface area contributed by atoms with Crippen LogP contribution < -0.4 is 0 Å². The summed E-state index contributed by atoms with van der Waals surface area (Å²) in [5.41, 5.74) is 2.68. The van der Waals surface area contributed by atoms with Gasteiger partial charge in [0.1, 0.15) is 17.0 Å². The minimum atomic E-state index is -1.38. The summed E-state index contributed by atoms with van der Waals surface area (Å²) in [5.74, 6) is -1.40. The first kappa shape index (κ1) is 16.4. The molecule has 1 aromatic rings. The standard InChI is InChI=1S/C18H22O4/c1-10-6-11(2)16(12(3)7-10)15-8-14(20)9-18(15,13(4)19)17(21)22-5/h6-7,15H,8-9H2,1-5H3. The Morgan fingerprint density at radius 1 is 1.18 bits per heavy atom. The van der Waals surface area contributed by atoms with Gasteiger partial charge in [0.15, 0.2) is 0 Å². The van der Waals surface area contributed by atoms with E-state index in [0.29, 0.717) is 0 Å². The van der Waals surface area contributed by atoms with Gasteiger partial charge in [0.2, 0.25) is 0 Å². The second-order valence-electron chi connectivity index (χ2n) is 6.30. The van der Waals surface area contributed by atoms with Crippen LogP contribution in [0.25, 0.3) is 0 Å². The molecule has 2 unspecified atom stereocenters. The van der Waals surface area contributed by atoms with Gasteiger partial charge in [-0.25, -0.2) is 0 Å². The van der Waals surface area contributed by atoms with Gasteiger partial charge in [-0.05, 0) is 44.4 Å². The van der Waals surface area contributed by atoms with Gasteiger partial charge in [-0.3, -0.25) is 14.4 Å². The second-order valence-corrected chi connectivity index (χ2v) is 6.30. The largest absolute Gasteiger partial charge is 0.468 e. The molecule has 118 valence electrons. The highest BCUT2D eigenvalue weighted by Gasteiger charge is 2.58. The van der Waals surface area contributed by atoms with E-state index in [9.17, 15) is 14.4 Å². The molecule has 0 bridgehead atoms. The Kier molecular flexibility index (Phi) is 4.23. The third kappa shape index (κ3) is 2.36. The van der Waals surface area contributed by atoms with E-state index in [4.69, 9.17) is 4.74 Å². The van der Waals surface area contributed by atoms with Crippen molar-refractivity contribution < 1.29 is 19.1 Å². The van der Waals surface area contributed by atoms with Crippen molar-refractivity contribution in [2.75, 3.05) is 7.11 Å². The quantitative estimate of drug-likeness (QED) is 0.636. The lowest BCUT2D eigenvalue weighted by Crippen LogP contribution is -2.41. The van der Waals surface area contributed by atoms with Gasteiger partial charge in [0.25, 0.3) is 0 Å². The predicted molar refractivity (Wildman–Crippen MR) is 82.8 cm³/mol. The number of benzene rings is 1. The van der Waals surface area contributed by atoms with E-state index in [1.165, 1.54) is 14.0 Å². The molecular formula is C18H22O4. The summed E-state index contributed by atoms with van der Waals surface area (Å²) in [4.78, 5) is 36.8. The third-order valence-corrected chi connectivity index (χ3v) is 4.77. The number of Topliss-reactive ketones (excluding diaryl/α,β-unsaturated/α-hetero) is 2. The molecule has 1 saturated carbocycles. The summed E-state index contributed by atoms with van der Waals surface area (Å²) in [6.45, 7) is 7.30. The fourth-order valence-electron chi connectivity index (χ4n) is 3.91. The summed E-state index contributed by atoms with van der Waals surface area (Å²) < 4.78 is 4.89. The van der Waals surface area contributed by atoms with Crippen LogP contribution in [0, 0.1) is 26.2 Å². The van der Waals surface area contributed by atoms with E-state index in [1.54, 1.807) is 0 Å². The number of carbonyl (C=O) groups excluding carboxylic acids is 3. The maximum absolute atomic E-state index is 12.4. The molecule has 0 heterocycles. The lowest BCUT2D eigenvalue weighted by atomic mass is 9.69. The SMILES string of the molecule is COC(=O)C1(C(C)=O)CC(=O)CC1c1c(C)cc(C)cc1C. The van der Waals surface area contributed by atoms with Gasteiger partial charge in [-0.15, -0.1) is 0 Å². The van der Waals surface area contributed by atoms with Crippen molar-refractivity contribution >= 4 is 17.5 Å². The zero-order valence-corrected chi connectivity index (χ0v) is 13.8. The van der Waals surface area contributed by atoms with Crippen molar-refractivity contribution in [2.45, 2.75) is 46.5 Å². The number of ether oxygens (including phenoxy) is 1. The zero-order valence-electron chi connectivity index (χ0n) is 13.8. The lowest BCUT2D eigenvalue weighted by Gasteiger charge is -2.31. The molecule has 0 radical (unpaired) electrons. The Morgan fingerprint density at radius 2 is 1.73 bits per heavy atom. The van der Waals surface area contributed by atoms with Gasteiger partial charge in [0.05, 0.1) is 7.11 Å². The van der Waals surface area contributed by atoms with E-state index in [1.807, 2.05) is 32.9 Å². The molecule has 2 rings (SSSR count). The van der Waals surface area contributed by atoms with E-state index < -0.39 is 17.3 Å². The average Bonchev–Trinajstić information content (AvgIpc) is 2.75. The van der Waals surface area contributed by atoms with E-state index in [2.05, 4.69) is 0 Å². The first-order valence-corrected chi connectivity index (χ1v) is 7.43. The molecule has 0 saturated heterocycles. The van der Waals surface area contributed by atoms with Crippen LogP contribution in [-0.4, -0.2) is 24.6 Å². The molecule has 0 spiro atoms. The van der Waals surface area contributed by atoms with Gasteiger partial charge in [-0.1, -0.05) is 17.7 Å². The average molecular weight is 302 g/mol. The van der Waals surface area contributed by atoms with E-state index in [0.717, 1.165) is 22.3 Å². The zero-order chi connectivity index (χ0) is 16.7. The Morgan fingerprint density at radius 3 is 2.18 bits per heavy atom. The molecule has 1 aliphatic carbocycles. The van der Waals surface area contributed by atoms with Crippen molar-refractivity contribution in [1.82, 2.24) is 0 Å². The number of carbonyl (C=O) groups is 3. The number of aryl methyl sites for hydroxylation is 3. The first-order valence-electron chi connectivity index (χ1n) is 7.43. The van der Waals surface area contributed by atoms with E-state index >= 15 is 0 Å². The first-order chi connectivity index (χ1) is 10.2. The van der Waals surface area contributed by atoms with E-state index in [-0.39, 0.29) is 24.4 Å². The summed E-state index contributed by atoms with van der Waals surface area (Å²) in [6, 6.07) is 4.04. The predicted octanol–water partition coefficient (Wildman–Crippen LogP) is 2.81. The monoisotopic (exact) mass is 302 g/mol. The van der Waals surface area contributed by atoms with Crippen LogP contribution in [0.15, 0.2) is 12.1 Å². The maximum Gasteiger partial charge on any atom is 0.320 e. The number of hydrogen-bond acceptors (Lipinski definition) is 4. The van der Waals surface area contributed by atoms with Crippen molar-refractivity contribution in [3.63, 3.8) is 0 Å². The maximum atomic E-state index is 12.4. The molecule has 0 amide bonds. The van der Waals surface area contributed by atoms with Crippen LogP contribution in [-0.2, 0) is 19.1 Å². The summed E-state index contributed by atoms with van der Waals surface area (Å²) in [5, 5.41) is 0. The Hall–Kier alpha value is -1.97. The van der Waals surface area contributed by atoms with Crippen LogP contribution in [0.5, 0.6) is 0 Å². The van der Waals surface area contributed by atoms with Crippen LogP contribution >= 0.6 is 0 Å². The smallest absolute Gasteiger partial charge is 0.320 e. The molecular weight excluding hydrogens is 280 g/mol. The lowest BCUT2D eigenvalue weighted by molar-refractivity contribution is -0.158. The normalized spacial score (nSPS) is 24.4. The molecule has 2 atom stereocenters. The summed E-state index contributed by atoms with van der Waals surface area (Å²) in [6.07, 6.45) is 0.145. The van der Waals surface area contributed by atoms with Crippen molar-refractivity contribution in [3.8, 4) is 0 Å². The molecule has 1 fully saturated rings. The Bertz CT molecular complexity index is 636. The molecule has 0 aromatic heterocycles.